The molecule has 0 saturated heterocycles. The summed E-state index contributed by atoms with van der Waals surface area (Å²) in [5.41, 5.74) is 12.4. The van der Waals surface area contributed by atoms with Gasteiger partial charge in [-0.15, -0.1) is 0 Å². The molecule has 3 atom stereocenters. The van der Waals surface area contributed by atoms with Gasteiger partial charge in [-0.25, -0.2) is 4.79 Å². The van der Waals surface area contributed by atoms with E-state index in [1.807, 2.05) is 30.3 Å². The lowest BCUT2D eigenvalue weighted by atomic mass is 10.0. The summed E-state index contributed by atoms with van der Waals surface area (Å²) in [5.74, 6) is -3.94. The van der Waals surface area contributed by atoms with Crippen LogP contribution in [0.1, 0.15) is 127 Å². The summed E-state index contributed by atoms with van der Waals surface area (Å²) in [6.07, 6.45) is 14.4. The lowest BCUT2D eigenvalue weighted by Gasteiger charge is -2.21. The van der Waals surface area contributed by atoms with Crippen molar-refractivity contribution in [2.75, 3.05) is 6.54 Å². The van der Waals surface area contributed by atoms with E-state index < -0.39 is 54.1 Å². The van der Waals surface area contributed by atoms with Crippen molar-refractivity contribution in [3.8, 4) is 0 Å². The fourth-order valence-electron chi connectivity index (χ4n) is 6.40. The normalized spacial score (nSPS) is 12.4. The van der Waals surface area contributed by atoms with Crippen molar-refractivity contribution in [2.24, 2.45) is 11.5 Å². The van der Waals surface area contributed by atoms with E-state index in [-0.39, 0.29) is 31.1 Å². The third kappa shape index (κ3) is 23.4. The van der Waals surface area contributed by atoms with E-state index in [9.17, 15) is 38.7 Å². The fraction of sp³-hybridized carbons (Fsp3) is 0.558. The van der Waals surface area contributed by atoms with Crippen molar-refractivity contribution in [1.82, 2.24) is 21.3 Å². The molecule has 2 rings (SSSR count). The Kier molecular flexibility index (Phi) is 24.4. The average molecular weight is 793 g/mol. The molecule has 6 amide bonds. The first-order valence-electron chi connectivity index (χ1n) is 20.5. The number of aliphatic carboxylic acids is 1. The Bertz CT molecular complexity index is 1520. The molecule has 0 aliphatic heterocycles. The van der Waals surface area contributed by atoms with Gasteiger partial charge in [0, 0.05) is 38.6 Å². The molecule has 0 aromatic heterocycles. The molecule has 0 spiro atoms. The quantitative estimate of drug-likeness (QED) is 0.0531. The lowest BCUT2D eigenvalue weighted by Crippen LogP contribution is -2.53. The van der Waals surface area contributed by atoms with Crippen LogP contribution in [0.25, 0.3) is 0 Å². The first-order chi connectivity index (χ1) is 27.4. The van der Waals surface area contributed by atoms with Gasteiger partial charge in [0.05, 0.1) is 6.42 Å². The van der Waals surface area contributed by atoms with E-state index in [0.717, 1.165) is 81.8 Å². The van der Waals surface area contributed by atoms with Crippen LogP contribution in [0.4, 0.5) is 0 Å². The Morgan fingerprint density at radius 2 is 0.895 bits per heavy atom. The highest BCUT2D eigenvalue weighted by atomic mass is 16.4. The van der Waals surface area contributed by atoms with Gasteiger partial charge >= 0.3 is 5.97 Å². The van der Waals surface area contributed by atoms with Gasteiger partial charge in [0.1, 0.15) is 18.1 Å². The molecule has 0 heterocycles. The molecule has 0 aliphatic rings. The van der Waals surface area contributed by atoms with Crippen LogP contribution in [-0.2, 0) is 46.4 Å². The van der Waals surface area contributed by atoms with Crippen LogP contribution >= 0.6 is 0 Å². The van der Waals surface area contributed by atoms with Gasteiger partial charge in [0.25, 0.3) is 0 Å². The zero-order chi connectivity index (χ0) is 41.7. The molecule has 9 N–H and O–H groups in total. The second-order valence-electron chi connectivity index (χ2n) is 14.6. The van der Waals surface area contributed by atoms with Gasteiger partial charge in [-0.1, -0.05) is 125 Å². The van der Waals surface area contributed by atoms with Crippen LogP contribution in [0.15, 0.2) is 60.7 Å². The third-order valence-electron chi connectivity index (χ3n) is 9.63. The maximum Gasteiger partial charge on any atom is 0.326 e. The zero-order valence-corrected chi connectivity index (χ0v) is 33.3. The van der Waals surface area contributed by atoms with Crippen molar-refractivity contribution < 1.29 is 38.7 Å². The summed E-state index contributed by atoms with van der Waals surface area (Å²) < 4.78 is 0. The predicted molar refractivity (Wildman–Crippen MR) is 218 cm³/mol. The number of nitrogens with two attached hydrogens (primary N) is 2. The third-order valence-corrected chi connectivity index (χ3v) is 9.63. The van der Waals surface area contributed by atoms with Crippen LogP contribution in [0.3, 0.4) is 0 Å². The van der Waals surface area contributed by atoms with E-state index >= 15 is 0 Å². The Balaban J connectivity index is 1.43. The molecular weight excluding hydrogens is 729 g/mol. The van der Waals surface area contributed by atoms with Gasteiger partial charge in [-0.2, -0.15) is 0 Å². The van der Waals surface area contributed by atoms with Gasteiger partial charge in [0.2, 0.25) is 35.4 Å². The number of hydrogen-bond acceptors (Lipinski definition) is 7. The van der Waals surface area contributed by atoms with Gasteiger partial charge in [-0.05, 0) is 36.8 Å². The molecule has 2 aromatic carbocycles. The molecule has 14 nitrogen and oxygen atoms in total. The van der Waals surface area contributed by atoms with Crippen molar-refractivity contribution in [3.63, 3.8) is 0 Å². The number of primary amides is 2. The molecule has 314 valence electrons. The van der Waals surface area contributed by atoms with Gasteiger partial charge < -0.3 is 37.8 Å². The number of carboxylic acids is 1. The summed E-state index contributed by atoms with van der Waals surface area (Å²) in [7, 11) is 0. The maximum absolute atomic E-state index is 12.8. The number of benzene rings is 2. The fourth-order valence-corrected chi connectivity index (χ4v) is 6.40. The lowest BCUT2D eigenvalue weighted by molar-refractivity contribution is -0.142. The molecular formula is C43H64N6O8. The van der Waals surface area contributed by atoms with Crippen LogP contribution in [0.2, 0.25) is 0 Å². The number of carboxylic acid groups (broad SMARTS) is 1. The molecule has 57 heavy (non-hydrogen) atoms. The number of amides is 6. The van der Waals surface area contributed by atoms with E-state index in [2.05, 4.69) is 21.3 Å². The topological polar surface area (TPSA) is 240 Å². The minimum absolute atomic E-state index is 0.0252. The maximum atomic E-state index is 12.8. The monoisotopic (exact) mass is 792 g/mol. The van der Waals surface area contributed by atoms with Crippen LogP contribution in [0, 0.1) is 0 Å². The van der Waals surface area contributed by atoms with Gasteiger partial charge in [-0.3, -0.25) is 28.8 Å². The summed E-state index contributed by atoms with van der Waals surface area (Å²) in [5, 5.41) is 20.2. The molecule has 2 aromatic rings. The molecule has 0 saturated carbocycles. The molecule has 0 bridgehead atoms. The first-order valence-corrected chi connectivity index (χ1v) is 20.5. The highest BCUT2D eigenvalue weighted by molar-refractivity contribution is 5.93. The first kappa shape index (κ1) is 47.9. The SMILES string of the molecule is NC(=O)C[C@H](NC(=O)CCCCCCCCCCCCCCC(=O)NCCCCC(=O)N[C@@H](Cc1ccccc1)C(N)=O)C(=O)N[C@@H](Cc1ccccc1)C(=O)O. The Hall–Kier alpha value is -5.27. The average Bonchev–Trinajstić information content (AvgIpc) is 3.17. The smallest absolute Gasteiger partial charge is 0.326 e. The molecule has 14 heteroatoms. The molecule has 0 fully saturated rings. The summed E-state index contributed by atoms with van der Waals surface area (Å²) >= 11 is 0. The predicted octanol–water partition coefficient (Wildman–Crippen LogP) is 4.12. The van der Waals surface area contributed by atoms with E-state index in [4.69, 9.17) is 11.5 Å². The van der Waals surface area contributed by atoms with Crippen LogP contribution < -0.4 is 32.7 Å². The number of carbonyl (C=O) groups is 7. The summed E-state index contributed by atoms with van der Waals surface area (Å²) in [4.78, 5) is 84.9. The van der Waals surface area contributed by atoms with Crippen molar-refractivity contribution >= 4 is 41.4 Å². The number of carbonyl (C=O) groups excluding carboxylic acids is 6. The van der Waals surface area contributed by atoms with Crippen molar-refractivity contribution in [1.29, 1.82) is 0 Å². The Labute approximate surface area is 337 Å². The Morgan fingerprint density at radius 3 is 1.33 bits per heavy atom. The number of nitrogens with one attached hydrogen (secondary N) is 4. The van der Waals surface area contributed by atoms with Gasteiger partial charge in [0.15, 0.2) is 0 Å². The van der Waals surface area contributed by atoms with E-state index in [0.29, 0.717) is 38.6 Å². The number of unbranched alkanes of at least 4 members (excludes halogenated alkanes) is 12. The highest BCUT2D eigenvalue weighted by Gasteiger charge is 2.28. The van der Waals surface area contributed by atoms with Crippen molar-refractivity contribution in [3.05, 3.63) is 71.8 Å². The van der Waals surface area contributed by atoms with E-state index in [1.54, 1.807) is 30.3 Å². The Morgan fingerprint density at radius 1 is 0.491 bits per heavy atom. The minimum atomic E-state index is -1.25. The minimum Gasteiger partial charge on any atom is -0.480 e. The van der Waals surface area contributed by atoms with Crippen molar-refractivity contribution in [2.45, 2.75) is 147 Å². The van der Waals surface area contributed by atoms with Crippen LogP contribution in [0.5, 0.6) is 0 Å². The molecule has 0 radical (unpaired) electrons. The summed E-state index contributed by atoms with van der Waals surface area (Å²) in [6.45, 7) is 0.512. The summed E-state index contributed by atoms with van der Waals surface area (Å²) in [6, 6.07) is 15.0. The number of hydrogen-bond donors (Lipinski definition) is 7. The van der Waals surface area contributed by atoms with E-state index in [1.165, 1.54) is 0 Å². The molecule has 0 aliphatic carbocycles. The van der Waals surface area contributed by atoms with Crippen LogP contribution in [-0.4, -0.2) is 71.2 Å². The largest absolute Gasteiger partial charge is 0.480 e. The standard InChI is InChI=1S/C43H64N6O8/c44-37(50)31-35(42(55)49-36(43(56)57)30-33-23-15-12-16-24-33)48-40(53)26-18-10-8-6-4-2-1-3-5-7-9-17-25-38(51)46-28-20-19-27-39(52)47-34(41(45)54)29-32-21-13-11-14-22-32/h11-16,21-24,34-36H,1-10,17-20,25-31H2,(H2,44,50)(H2,45,54)(H,46,51)(H,47,52)(H,48,53)(H,49,55)(H,56,57)/t34-,35-,36-/m0/s1. The molecule has 0 unspecified atom stereocenters. The second kappa shape index (κ2) is 29.0. The second-order valence-corrected chi connectivity index (χ2v) is 14.6. The zero-order valence-electron chi connectivity index (χ0n) is 33.3. The highest BCUT2D eigenvalue weighted by Crippen LogP contribution is 2.14. The number of rotatable bonds is 32.